The molecular weight excluding hydrogens is 289 g/mol. The number of halogens is 1. The van der Waals surface area contributed by atoms with Crippen LogP contribution in [0.3, 0.4) is 0 Å². The fourth-order valence-corrected chi connectivity index (χ4v) is 3.38. The Bertz CT molecular complexity index is 627. The standard InChI is InChI=1S/C19H24FN3/c20-18-9-7-15(8-10-18)5-6-16-3-2-12-23(13-16)14-17-4-1-11-22-19(17)21/h1,4,7-11,16H,2-3,5-6,12-14H2,(H2,21,22)/t16-/m0/s1. The molecule has 1 atom stereocenters. The first-order chi connectivity index (χ1) is 11.2. The Morgan fingerprint density at radius 3 is 2.83 bits per heavy atom. The van der Waals surface area contributed by atoms with Gasteiger partial charge in [-0.15, -0.1) is 0 Å². The number of aryl methyl sites for hydroxylation is 1. The van der Waals surface area contributed by atoms with Gasteiger partial charge in [-0.1, -0.05) is 18.2 Å². The van der Waals surface area contributed by atoms with Crippen molar-refractivity contribution in [2.75, 3.05) is 18.8 Å². The number of hydrogen-bond acceptors (Lipinski definition) is 3. The number of likely N-dealkylation sites (tertiary alicyclic amines) is 1. The van der Waals surface area contributed by atoms with Gasteiger partial charge >= 0.3 is 0 Å². The first-order valence-electron chi connectivity index (χ1n) is 8.37. The molecule has 1 aromatic heterocycles. The third-order valence-electron chi connectivity index (χ3n) is 4.68. The van der Waals surface area contributed by atoms with Gasteiger partial charge in [0.1, 0.15) is 11.6 Å². The Morgan fingerprint density at radius 1 is 1.22 bits per heavy atom. The van der Waals surface area contributed by atoms with Crippen molar-refractivity contribution >= 4 is 5.82 Å². The van der Waals surface area contributed by atoms with E-state index in [9.17, 15) is 4.39 Å². The van der Waals surface area contributed by atoms with Gasteiger partial charge in [0.15, 0.2) is 0 Å². The number of nitrogen functional groups attached to an aromatic ring is 1. The molecule has 122 valence electrons. The van der Waals surface area contributed by atoms with E-state index in [1.54, 1.807) is 18.3 Å². The Morgan fingerprint density at radius 2 is 2.04 bits per heavy atom. The molecule has 1 fully saturated rings. The third kappa shape index (κ3) is 4.52. The Labute approximate surface area is 137 Å². The molecule has 1 saturated heterocycles. The fourth-order valence-electron chi connectivity index (χ4n) is 3.38. The summed E-state index contributed by atoms with van der Waals surface area (Å²) in [5.41, 5.74) is 8.29. The summed E-state index contributed by atoms with van der Waals surface area (Å²) in [5.74, 6) is 1.18. The number of hydrogen-bond donors (Lipinski definition) is 1. The molecule has 0 saturated carbocycles. The van der Waals surface area contributed by atoms with Crippen molar-refractivity contribution in [3.63, 3.8) is 0 Å². The molecule has 4 heteroatoms. The molecule has 1 aromatic carbocycles. The van der Waals surface area contributed by atoms with Crippen molar-refractivity contribution in [1.82, 2.24) is 9.88 Å². The van der Waals surface area contributed by atoms with E-state index in [0.717, 1.165) is 38.0 Å². The Hall–Kier alpha value is -1.94. The van der Waals surface area contributed by atoms with Crippen LogP contribution < -0.4 is 5.73 Å². The van der Waals surface area contributed by atoms with Crippen molar-refractivity contribution in [2.45, 2.75) is 32.2 Å². The maximum Gasteiger partial charge on any atom is 0.127 e. The van der Waals surface area contributed by atoms with Crippen molar-refractivity contribution in [3.8, 4) is 0 Å². The predicted octanol–water partition coefficient (Wildman–Crippen LogP) is 3.65. The molecule has 3 nitrogen and oxygen atoms in total. The van der Waals surface area contributed by atoms with Gasteiger partial charge in [-0.3, -0.25) is 4.90 Å². The van der Waals surface area contributed by atoms with Crippen molar-refractivity contribution < 1.29 is 4.39 Å². The lowest BCUT2D eigenvalue weighted by Crippen LogP contribution is -2.35. The zero-order valence-corrected chi connectivity index (χ0v) is 13.4. The molecule has 2 heterocycles. The summed E-state index contributed by atoms with van der Waals surface area (Å²) < 4.78 is 13.0. The Balaban J connectivity index is 1.52. The SMILES string of the molecule is Nc1ncccc1CN1CCC[C@@H](CCc2ccc(F)cc2)C1. The van der Waals surface area contributed by atoms with Gasteiger partial charge in [0.2, 0.25) is 0 Å². The van der Waals surface area contributed by atoms with Gasteiger partial charge in [-0.05, 0) is 61.9 Å². The zero-order chi connectivity index (χ0) is 16.1. The highest BCUT2D eigenvalue weighted by molar-refractivity contribution is 5.38. The molecule has 1 aliphatic heterocycles. The van der Waals surface area contributed by atoms with Gasteiger partial charge in [0.05, 0.1) is 0 Å². The molecule has 1 aliphatic rings. The number of pyridine rings is 1. The predicted molar refractivity (Wildman–Crippen MR) is 91.4 cm³/mol. The van der Waals surface area contributed by atoms with E-state index >= 15 is 0 Å². The average Bonchev–Trinajstić information content (AvgIpc) is 2.57. The van der Waals surface area contributed by atoms with Crippen LogP contribution in [0.1, 0.15) is 30.4 Å². The number of anilines is 1. The summed E-state index contributed by atoms with van der Waals surface area (Å²) in [7, 11) is 0. The quantitative estimate of drug-likeness (QED) is 0.916. The average molecular weight is 313 g/mol. The van der Waals surface area contributed by atoms with E-state index in [1.807, 2.05) is 18.2 Å². The second-order valence-corrected chi connectivity index (χ2v) is 6.46. The van der Waals surface area contributed by atoms with Crippen LogP contribution in [0.25, 0.3) is 0 Å². The summed E-state index contributed by atoms with van der Waals surface area (Å²) in [5, 5.41) is 0. The van der Waals surface area contributed by atoms with E-state index in [2.05, 4.69) is 16.0 Å². The molecular formula is C19H24FN3. The van der Waals surface area contributed by atoms with Gasteiger partial charge in [0, 0.05) is 24.8 Å². The minimum atomic E-state index is -0.161. The molecule has 0 spiro atoms. The molecule has 2 aromatic rings. The van der Waals surface area contributed by atoms with Crippen LogP contribution in [0.4, 0.5) is 10.2 Å². The van der Waals surface area contributed by atoms with Gasteiger partial charge in [0.25, 0.3) is 0 Å². The second-order valence-electron chi connectivity index (χ2n) is 6.46. The van der Waals surface area contributed by atoms with E-state index < -0.39 is 0 Å². The highest BCUT2D eigenvalue weighted by Gasteiger charge is 2.20. The topological polar surface area (TPSA) is 42.1 Å². The van der Waals surface area contributed by atoms with Crippen molar-refractivity contribution in [2.24, 2.45) is 5.92 Å². The molecule has 23 heavy (non-hydrogen) atoms. The van der Waals surface area contributed by atoms with Gasteiger partial charge in [-0.2, -0.15) is 0 Å². The lowest BCUT2D eigenvalue weighted by Gasteiger charge is -2.33. The zero-order valence-electron chi connectivity index (χ0n) is 13.4. The molecule has 0 radical (unpaired) electrons. The maximum absolute atomic E-state index is 13.0. The van der Waals surface area contributed by atoms with Crippen LogP contribution >= 0.6 is 0 Å². The normalized spacial score (nSPS) is 18.9. The summed E-state index contributed by atoms with van der Waals surface area (Å²) in [4.78, 5) is 6.65. The summed E-state index contributed by atoms with van der Waals surface area (Å²) in [6, 6.07) is 10.9. The minimum Gasteiger partial charge on any atom is -0.383 e. The summed E-state index contributed by atoms with van der Waals surface area (Å²) in [6.07, 6.45) is 6.42. The first kappa shape index (κ1) is 15.9. The monoisotopic (exact) mass is 313 g/mol. The molecule has 2 N–H and O–H groups in total. The maximum atomic E-state index is 13.0. The van der Waals surface area contributed by atoms with Crippen LogP contribution in [-0.4, -0.2) is 23.0 Å². The number of nitrogens with two attached hydrogens (primary N) is 1. The van der Waals surface area contributed by atoms with Crippen molar-refractivity contribution in [1.29, 1.82) is 0 Å². The van der Waals surface area contributed by atoms with Crippen LogP contribution in [0, 0.1) is 11.7 Å². The molecule has 0 amide bonds. The number of benzene rings is 1. The molecule has 0 aliphatic carbocycles. The lowest BCUT2D eigenvalue weighted by atomic mass is 9.91. The number of piperidine rings is 1. The smallest absolute Gasteiger partial charge is 0.127 e. The van der Waals surface area contributed by atoms with E-state index in [-0.39, 0.29) is 5.82 Å². The van der Waals surface area contributed by atoms with Crippen LogP contribution in [0.5, 0.6) is 0 Å². The number of aromatic nitrogens is 1. The summed E-state index contributed by atoms with van der Waals surface area (Å²) in [6.45, 7) is 3.11. The van der Waals surface area contributed by atoms with E-state index in [1.165, 1.54) is 18.4 Å². The number of nitrogens with zero attached hydrogens (tertiary/aromatic N) is 2. The van der Waals surface area contributed by atoms with Gasteiger partial charge in [-0.25, -0.2) is 9.37 Å². The Kier molecular flexibility index (Phi) is 5.23. The molecule has 0 unspecified atom stereocenters. The van der Waals surface area contributed by atoms with Gasteiger partial charge < -0.3 is 5.73 Å². The van der Waals surface area contributed by atoms with Crippen LogP contribution in [-0.2, 0) is 13.0 Å². The van der Waals surface area contributed by atoms with Crippen LogP contribution in [0.2, 0.25) is 0 Å². The first-order valence-corrected chi connectivity index (χ1v) is 8.37. The largest absolute Gasteiger partial charge is 0.383 e. The van der Waals surface area contributed by atoms with E-state index in [0.29, 0.717) is 11.7 Å². The van der Waals surface area contributed by atoms with Crippen LogP contribution in [0.15, 0.2) is 42.6 Å². The second kappa shape index (κ2) is 7.55. The summed E-state index contributed by atoms with van der Waals surface area (Å²) >= 11 is 0. The number of rotatable bonds is 5. The highest BCUT2D eigenvalue weighted by Crippen LogP contribution is 2.23. The molecule has 0 bridgehead atoms. The van der Waals surface area contributed by atoms with E-state index in [4.69, 9.17) is 5.73 Å². The van der Waals surface area contributed by atoms with Crippen molar-refractivity contribution in [3.05, 3.63) is 59.5 Å². The lowest BCUT2D eigenvalue weighted by molar-refractivity contribution is 0.162. The fraction of sp³-hybridized carbons (Fsp3) is 0.421. The minimum absolute atomic E-state index is 0.161. The third-order valence-corrected chi connectivity index (χ3v) is 4.68. The highest BCUT2D eigenvalue weighted by atomic mass is 19.1. The molecule has 3 rings (SSSR count).